The molecule has 0 radical (unpaired) electrons. The molecular formula is C7H15FN2. The van der Waals surface area contributed by atoms with Gasteiger partial charge in [0, 0.05) is 12.6 Å². The van der Waals surface area contributed by atoms with Crippen LogP contribution >= 0.6 is 0 Å². The molecule has 3 N–H and O–H groups in total. The van der Waals surface area contributed by atoms with E-state index in [9.17, 15) is 4.39 Å². The number of alkyl halides is 1. The van der Waals surface area contributed by atoms with Crippen LogP contribution in [-0.2, 0) is 0 Å². The van der Waals surface area contributed by atoms with Crippen molar-refractivity contribution < 1.29 is 4.39 Å². The lowest BCUT2D eigenvalue weighted by atomic mass is 10.1. The van der Waals surface area contributed by atoms with Crippen molar-refractivity contribution in [1.82, 2.24) is 5.32 Å². The van der Waals surface area contributed by atoms with Crippen LogP contribution in [0.15, 0.2) is 0 Å². The maximum absolute atomic E-state index is 13.4. The summed E-state index contributed by atoms with van der Waals surface area (Å²) in [6, 6.07) is 0.0818. The predicted molar refractivity (Wildman–Crippen MR) is 39.6 cm³/mol. The summed E-state index contributed by atoms with van der Waals surface area (Å²) in [5, 5.41) is 2.84. The molecule has 1 fully saturated rings. The topological polar surface area (TPSA) is 38.0 Å². The molecule has 0 aliphatic heterocycles. The Hall–Kier alpha value is -0.150. The van der Waals surface area contributed by atoms with Crippen molar-refractivity contribution in [2.45, 2.75) is 31.0 Å². The molecule has 0 aromatic rings. The van der Waals surface area contributed by atoms with Crippen molar-refractivity contribution in [2.75, 3.05) is 13.6 Å². The van der Waals surface area contributed by atoms with Crippen molar-refractivity contribution in [3.63, 3.8) is 0 Å². The van der Waals surface area contributed by atoms with E-state index in [1.54, 1.807) is 7.05 Å². The minimum Gasteiger partial charge on any atom is -0.328 e. The zero-order valence-corrected chi connectivity index (χ0v) is 6.36. The van der Waals surface area contributed by atoms with Crippen molar-refractivity contribution in [2.24, 2.45) is 5.73 Å². The third-order valence-corrected chi connectivity index (χ3v) is 2.08. The Morgan fingerprint density at radius 3 is 2.90 bits per heavy atom. The van der Waals surface area contributed by atoms with Crippen LogP contribution in [0.1, 0.15) is 19.3 Å². The van der Waals surface area contributed by atoms with Gasteiger partial charge in [0.2, 0.25) is 0 Å². The molecule has 0 heterocycles. The summed E-state index contributed by atoms with van der Waals surface area (Å²) in [7, 11) is 1.77. The molecule has 2 atom stereocenters. The molecule has 0 saturated heterocycles. The van der Waals surface area contributed by atoms with E-state index in [4.69, 9.17) is 5.73 Å². The minimum atomic E-state index is -1.02. The fourth-order valence-corrected chi connectivity index (χ4v) is 1.60. The largest absolute Gasteiger partial charge is 0.328 e. The van der Waals surface area contributed by atoms with Gasteiger partial charge in [-0.25, -0.2) is 4.39 Å². The summed E-state index contributed by atoms with van der Waals surface area (Å²) in [6.07, 6.45) is 1.97. The quantitative estimate of drug-likeness (QED) is 0.592. The van der Waals surface area contributed by atoms with Crippen LogP contribution in [-0.4, -0.2) is 25.3 Å². The summed E-state index contributed by atoms with van der Waals surface area (Å²) >= 11 is 0. The lowest BCUT2D eigenvalue weighted by Crippen LogP contribution is -2.33. The maximum atomic E-state index is 13.4. The number of nitrogens with two attached hydrogens (primary N) is 1. The van der Waals surface area contributed by atoms with Gasteiger partial charge in [-0.3, -0.25) is 0 Å². The molecule has 1 rings (SSSR count). The molecule has 2 unspecified atom stereocenters. The number of rotatable bonds is 2. The Bertz CT molecular complexity index is 114. The molecular weight excluding hydrogens is 131 g/mol. The van der Waals surface area contributed by atoms with Crippen LogP contribution in [0.3, 0.4) is 0 Å². The first-order valence-electron chi connectivity index (χ1n) is 3.75. The van der Waals surface area contributed by atoms with Gasteiger partial charge in [-0.1, -0.05) is 0 Å². The SMILES string of the molecule is CNCC1(F)CCC(N)C1. The molecule has 2 nitrogen and oxygen atoms in total. The average Bonchev–Trinajstić information content (AvgIpc) is 2.12. The molecule has 0 aromatic heterocycles. The summed E-state index contributed by atoms with van der Waals surface area (Å²) in [5.74, 6) is 0. The van der Waals surface area contributed by atoms with Crippen LogP contribution in [0, 0.1) is 0 Å². The standard InChI is InChI=1S/C7H15FN2/c1-10-5-7(8)3-2-6(9)4-7/h6,10H,2-5,9H2,1H3. The van der Waals surface area contributed by atoms with Crippen LogP contribution in [0.4, 0.5) is 4.39 Å². The number of hydrogen-bond acceptors (Lipinski definition) is 2. The Morgan fingerprint density at radius 1 is 1.80 bits per heavy atom. The van der Waals surface area contributed by atoms with Crippen LogP contribution < -0.4 is 11.1 Å². The van der Waals surface area contributed by atoms with Crippen molar-refractivity contribution in [3.8, 4) is 0 Å². The highest BCUT2D eigenvalue weighted by Crippen LogP contribution is 2.31. The second-order valence-electron chi connectivity index (χ2n) is 3.18. The first-order valence-corrected chi connectivity index (χ1v) is 3.75. The van der Waals surface area contributed by atoms with Gasteiger partial charge in [0.05, 0.1) is 0 Å². The fraction of sp³-hybridized carbons (Fsp3) is 1.00. The van der Waals surface area contributed by atoms with E-state index in [-0.39, 0.29) is 6.04 Å². The van der Waals surface area contributed by atoms with Gasteiger partial charge in [0.25, 0.3) is 0 Å². The van der Waals surface area contributed by atoms with E-state index in [0.29, 0.717) is 19.4 Å². The lowest BCUT2D eigenvalue weighted by Gasteiger charge is -2.17. The fourth-order valence-electron chi connectivity index (χ4n) is 1.60. The maximum Gasteiger partial charge on any atom is 0.124 e. The van der Waals surface area contributed by atoms with Crippen LogP contribution in [0.25, 0.3) is 0 Å². The highest BCUT2D eigenvalue weighted by Gasteiger charge is 2.36. The second-order valence-corrected chi connectivity index (χ2v) is 3.18. The summed E-state index contributed by atoms with van der Waals surface area (Å²) in [4.78, 5) is 0. The van der Waals surface area contributed by atoms with Crippen molar-refractivity contribution in [3.05, 3.63) is 0 Å². The molecule has 1 aliphatic rings. The monoisotopic (exact) mass is 146 g/mol. The van der Waals surface area contributed by atoms with E-state index in [0.717, 1.165) is 6.42 Å². The summed E-state index contributed by atoms with van der Waals surface area (Å²) in [5.41, 5.74) is 4.55. The predicted octanol–water partition coefficient (Wildman–Crippen LogP) is 0.425. The summed E-state index contributed by atoms with van der Waals surface area (Å²) < 4.78 is 13.4. The van der Waals surface area contributed by atoms with Crippen molar-refractivity contribution in [1.29, 1.82) is 0 Å². The highest BCUT2D eigenvalue weighted by molar-refractivity contribution is 4.92. The Labute approximate surface area is 61.0 Å². The molecule has 0 spiro atoms. The number of hydrogen-bond donors (Lipinski definition) is 2. The lowest BCUT2D eigenvalue weighted by molar-refractivity contribution is 0.170. The Morgan fingerprint density at radius 2 is 2.50 bits per heavy atom. The van der Waals surface area contributed by atoms with Gasteiger partial charge in [0.1, 0.15) is 5.67 Å². The van der Waals surface area contributed by atoms with Gasteiger partial charge >= 0.3 is 0 Å². The first-order chi connectivity index (χ1) is 4.66. The van der Waals surface area contributed by atoms with Gasteiger partial charge in [0.15, 0.2) is 0 Å². The van der Waals surface area contributed by atoms with Gasteiger partial charge in [-0.15, -0.1) is 0 Å². The van der Waals surface area contributed by atoms with Gasteiger partial charge in [-0.05, 0) is 26.3 Å². The third-order valence-electron chi connectivity index (χ3n) is 2.08. The highest BCUT2D eigenvalue weighted by atomic mass is 19.1. The minimum absolute atomic E-state index is 0.0818. The Balaban J connectivity index is 2.38. The molecule has 3 heteroatoms. The van der Waals surface area contributed by atoms with Gasteiger partial charge < -0.3 is 11.1 Å². The average molecular weight is 146 g/mol. The summed E-state index contributed by atoms with van der Waals surface area (Å²) in [6.45, 7) is 0.445. The molecule has 0 bridgehead atoms. The van der Waals surface area contributed by atoms with E-state index >= 15 is 0 Å². The van der Waals surface area contributed by atoms with E-state index < -0.39 is 5.67 Å². The zero-order chi connectivity index (χ0) is 7.61. The molecule has 0 amide bonds. The number of halogens is 1. The normalized spacial score (nSPS) is 40.5. The van der Waals surface area contributed by atoms with Crippen molar-refractivity contribution >= 4 is 0 Å². The molecule has 60 valence electrons. The van der Waals surface area contributed by atoms with E-state index in [2.05, 4.69) is 5.32 Å². The molecule has 0 aromatic carbocycles. The van der Waals surface area contributed by atoms with Crippen LogP contribution in [0.5, 0.6) is 0 Å². The van der Waals surface area contributed by atoms with E-state index in [1.165, 1.54) is 0 Å². The van der Waals surface area contributed by atoms with Crippen LogP contribution in [0.2, 0.25) is 0 Å². The second kappa shape index (κ2) is 2.84. The smallest absolute Gasteiger partial charge is 0.124 e. The Kier molecular flexibility index (Phi) is 2.26. The molecule has 1 aliphatic carbocycles. The third kappa shape index (κ3) is 1.67. The van der Waals surface area contributed by atoms with E-state index in [1.807, 2.05) is 0 Å². The van der Waals surface area contributed by atoms with Gasteiger partial charge in [-0.2, -0.15) is 0 Å². The zero-order valence-electron chi connectivity index (χ0n) is 6.36. The number of nitrogens with one attached hydrogen (secondary N) is 1. The molecule has 1 saturated carbocycles. The molecule has 10 heavy (non-hydrogen) atoms. The first kappa shape index (κ1) is 7.95.